The van der Waals surface area contributed by atoms with Crippen molar-refractivity contribution in [2.24, 2.45) is 11.7 Å². The number of piperidine rings is 1. The van der Waals surface area contributed by atoms with Gasteiger partial charge in [0, 0.05) is 44.0 Å². The SMILES string of the molecule is NCc1cn(C[C@@H]2CCCN(C(=O)/C=C/c3cc(F)ccc3F)C2)nn1. The fourth-order valence-corrected chi connectivity index (χ4v) is 3.11. The van der Waals surface area contributed by atoms with Crippen molar-refractivity contribution in [2.75, 3.05) is 13.1 Å². The zero-order valence-corrected chi connectivity index (χ0v) is 14.3. The van der Waals surface area contributed by atoms with Gasteiger partial charge < -0.3 is 10.6 Å². The van der Waals surface area contributed by atoms with E-state index in [4.69, 9.17) is 5.73 Å². The van der Waals surface area contributed by atoms with Gasteiger partial charge in [-0.15, -0.1) is 5.10 Å². The number of benzene rings is 1. The van der Waals surface area contributed by atoms with Crippen molar-refractivity contribution in [2.45, 2.75) is 25.9 Å². The molecule has 0 radical (unpaired) electrons. The molecule has 138 valence electrons. The monoisotopic (exact) mass is 361 g/mol. The minimum atomic E-state index is -0.561. The van der Waals surface area contributed by atoms with Crippen LogP contribution in [0.2, 0.25) is 0 Å². The Morgan fingerprint density at radius 3 is 3.00 bits per heavy atom. The van der Waals surface area contributed by atoms with Crippen LogP contribution in [0.15, 0.2) is 30.5 Å². The van der Waals surface area contributed by atoms with E-state index in [0.29, 0.717) is 26.2 Å². The third-order valence-electron chi connectivity index (χ3n) is 4.43. The molecule has 0 aliphatic carbocycles. The van der Waals surface area contributed by atoms with E-state index >= 15 is 0 Å². The van der Waals surface area contributed by atoms with Crippen LogP contribution in [-0.2, 0) is 17.9 Å². The molecule has 1 aliphatic heterocycles. The Balaban J connectivity index is 1.60. The highest BCUT2D eigenvalue weighted by Crippen LogP contribution is 2.19. The van der Waals surface area contributed by atoms with Gasteiger partial charge in [-0.3, -0.25) is 9.48 Å². The number of rotatable bonds is 5. The topological polar surface area (TPSA) is 77.0 Å². The summed E-state index contributed by atoms with van der Waals surface area (Å²) in [5, 5.41) is 8.00. The lowest BCUT2D eigenvalue weighted by Crippen LogP contribution is -2.40. The first-order valence-electron chi connectivity index (χ1n) is 8.56. The Kier molecular flexibility index (Phi) is 5.72. The maximum absolute atomic E-state index is 13.6. The Hall–Kier alpha value is -2.61. The molecule has 3 rings (SSSR count). The lowest BCUT2D eigenvalue weighted by atomic mass is 9.98. The molecule has 0 bridgehead atoms. The van der Waals surface area contributed by atoms with Gasteiger partial charge in [0.05, 0.1) is 5.69 Å². The number of hydrogen-bond donors (Lipinski definition) is 1. The smallest absolute Gasteiger partial charge is 0.246 e. The highest BCUT2D eigenvalue weighted by Gasteiger charge is 2.23. The second-order valence-corrected chi connectivity index (χ2v) is 6.43. The third kappa shape index (κ3) is 4.51. The number of likely N-dealkylation sites (tertiary alicyclic amines) is 1. The summed E-state index contributed by atoms with van der Waals surface area (Å²) in [6.07, 6.45) is 6.30. The molecule has 2 aromatic rings. The zero-order chi connectivity index (χ0) is 18.5. The van der Waals surface area contributed by atoms with Gasteiger partial charge in [0.15, 0.2) is 0 Å². The van der Waals surface area contributed by atoms with Gasteiger partial charge in [-0.25, -0.2) is 8.78 Å². The standard InChI is InChI=1S/C18H21F2N5O/c19-15-4-5-17(20)14(8-15)3-6-18(26)24-7-1-2-13(10-24)11-25-12-16(9-21)22-23-25/h3-6,8,12-13H,1-2,7,9-11,21H2/b6-3+/t13-/m1/s1. The van der Waals surface area contributed by atoms with Crippen LogP contribution >= 0.6 is 0 Å². The number of carbonyl (C=O) groups excluding carboxylic acids is 1. The summed E-state index contributed by atoms with van der Waals surface area (Å²) in [7, 11) is 0. The molecule has 2 heterocycles. The molecular weight excluding hydrogens is 340 g/mol. The molecule has 0 spiro atoms. The van der Waals surface area contributed by atoms with Crippen molar-refractivity contribution in [1.29, 1.82) is 0 Å². The van der Waals surface area contributed by atoms with Crippen LogP contribution in [0.25, 0.3) is 6.08 Å². The largest absolute Gasteiger partial charge is 0.339 e. The van der Waals surface area contributed by atoms with E-state index in [1.54, 1.807) is 9.58 Å². The first kappa shape index (κ1) is 18.2. The van der Waals surface area contributed by atoms with Gasteiger partial charge in [0.2, 0.25) is 5.91 Å². The van der Waals surface area contributed by atoms with Crippen LogP contribution in [0.3, 0.4) is 0 Å². The Labute approximate surface area is 150 Å². The molecule has 8 heteroatoms. The number of nitrogens with two attached hydrogens (primary N) is 1. The Bertz CT molecular complexity index is 805. The highest BCUT2D eigenvalue weighted by molar-refractivity contribution is 5.91. The van der Waals surface area contributed by atoms with Crippen LogP contribution in [-0.4, -0.2) is 38.9 Å². The van der Waals surface area contributed by atoms with Gasteiger partial charge in [-0.2, -0.15) is 0 Å². The lowest BCUT2D eigenvalue weighted by molar-refractivity contribution is -0.127. The Morgan fingerprint density at radius 1 is 1.38 bits per heavy atom. The van der Waals surface area contributed by atoms with E-state index in [2.05, 4.69) is 10.3 Å². The van der Waals surface area contributed by atoms with Gasteiger partial charge in [-0.1, -0.05) is 5.21 Å². The molecule has 6 nitrogen and oxygen atoms in total. The normalized spacial score (nSPS) is 17.8. The van der Waals surface area contributed by atoms with E-state index in [9.17, 15) is 13.6 Å². The first-order chi connectivity index (χ1) is 12.5. The minimum absolute atomic E-state index is 0.0591. The average Bonchev–Trinajstić information content (AvgIpc) is 3.10. The maximum atomic E-state index is 13.6. The van der Waals surface area contributed by atoms with E-state index < -0.39 is 11.6 Å². The molecule has 0 unspecified atom stereocenters. The third-order valence-corrected chi connectivity index (χ3v) is 4.43. The van der Waals surface area contributed by atoms with Gasteiger partial charge in [0.25, 0.3) is 0 Å². The molecule has 1 aliphatic rings. The number of carbonyl (C=O) groups is 1. The fourth-order valence-electron chi connectivity index (χ4n) is 3.11. The molecule has 1 amide bonds. The minimum Gasteiger partial charge on any atom is -0.339 e. The number of halogens is 2. The summed E-state index contributed by atoms with van der Waals surface area (Å²) >= 11 is 0. The van der Waals surface area contributed by atoms with Crippen LogP contribution < -0.4 is 5.73 Å². The molecule has 1 fully saturated rings. The summed E-state index contributed by atoms with van der Waals surface area (Å²) < 4.78 is 28.6. The van der Waals surface area contributed by atoms with E-state index in [-0.39, 0.29) is 17.4 Å². The first-order valence-corrected chi connectivity index (χ1v) is 8.56. The molecule has 1 saturated heterocycles. The molecular formula is C18H21F2N5O. The molecule has 0 saturated carbocycles. The van der Waals surface area contributed by atoms with E-state index in [1.807, 2.05) is 6.20 Å². The number of amides is 1. The second kappa shape index (κ2) is 8.18. The van der Waals surface area contributed by atoms with Crippen molar-refractivity contribution < 1.29 is 13.6 Å². The van der Waals surface area contributed by atoms with Crippen molar-refractivity contribution in [1.82, 2.24) is 19.9 Å². The van der Waals surface area contributed by atoms with Crippen LogP contribution in [0.1, 0.15) is 24.1 Å². The summed E-state index contributed by atoms with van der Waals surface area (Å²) in [5.41, 5.74) is 6.32. The number of hydrogen-bond acceptors (Lipinski definition) is 4. The van der Waals surface area contributed by atoms with E-state index in [0.717, 1.165) is 36.7 Å². The van der Waals surface area contributed by atoms with E-state index in [1.165, 1.54) is 12.2 Å². The second-order valence-electron chi connectivity index (χ2n) is 6.43. The number of nitrogens with zero attached hydrogens (tertiary/aromatic N) is 4. The summed E-state index contributed by atoms with van der Waals surface area (Å²) in [5.74, 6) is -1.05. The fraction of sp³-hybridized carbons (Fsp3) is 0.389. The molecule has 1 aromatic heterocycles. The predicted molar refractivity (Wildman–Crippen MR) is 92.6 cm³/mol. The lowest BCUT2D eigenvalue weighted by Gasteiger charge is -2.32. The van der Waals surface area contributed by atoms with Gasteiger partial charge >= 0.3 is 0 Å². The van der Waals surface area contributed by atoms with Crippen molar-refractivity contribution >= 4 is 12.0 Å². The zero-order valence-electron chi connectivity index (χ0n) is 14.3. The van der Waals surface area contributed by atoms with Crippen molar-refractivity contribution in [3.63, 3.8) is 0 Å². The van der Waals surface area contributed by atoms with Crippen LogP contribution in [0, 0.1) is 17.6 Å². The predicted octanol–water partition coefficient (Wildman–Crippen LogP) is 1.97. The quantitative estimate of drug-likeness (QED) is 0.826. The summed E-state index contributed by atoms with van der Waals surface area (Å²) in [6, 6.07) is 3.16. The van der Waals surface area contributed by atoms with Crippen molar-refractivity contribution in [3.8, 4) is 0 Å². The molecule has 2 N–H and O–H groups in total. The summed E-state index contributed by atoms with van der Waals surface area (Å²) in [4.78, 5) is 14.1. The van der Waals surface area contributed by atoms with Crippen LogP contribution in [0.4, 0.5) is 8.78 Å². The molecule has 26 heavy (non-hydrogen) atoms. The highest BCUT2D eigenvalue weighted by atomic mass is 19.1. The van der Waals surface area contributed by atoms with Crippen LogP contribution in [0.5, 0.6) is 0 Å². The average molecular weight is 361 g/mol. The van der Waals surface area contributed by atoms with Gasteiger partial charge in [-0.05, 0) is 43.0 Å². The van der Waals surface area contributed by atoms with Gasteiger partial charge in [0.1, 0.15) is 11.6 Å². The summed E-state index contributed by atoms with van der Waals surface area (Å²) in [6.45, 7) is 2.25. The van der Waals surface area contributed by atoms with Crippen molar-refractivity contribution in [3.05, 3.63) is 53.4 Å². The Morgan fingerprint density at radius 2 is 2.23 bits per heavy atom. The molecule has 1 atom stereocenters. The molecule has 1 aromatic carbocycles. The maximum Gasteiger partial charge on any atom is 0.246 e. The number of aromatic nitrogens is 3.